The van der Waals surface area contributed by atoms with Crippen molar-refractivity contribution in [2.24, 2.45) is 0 Å². The number of nitrogens with zero attached hydrogens (tertiary/aromatic N) is 4. The van der Waals surface area contributed by atoms with Gasteiger partial charge in [-0.1, -0.05) is 11.3 Å². The molecule has 0 saturated carbocycles. The Morgan fingerprint density at radius 1 is 1.32 bits per heavy atom. The molecule has 2 saturated heterocycles. The molecule has 0 bridgehead atoms. The van der Waals surface area contributed by atoms with Gasteiger partial charge in [-0.05, 0) is 18.0 Å². The van der Waals surface area contributed by atoms with Gasteiger partial charge in [0.2, 0.25) is 9.47 Å². The van der Waals surface area contributed by atoms with E-state index in [2.05, 4.69) is 15.1 Å². The van der Waals surface area contributed by atoms with Gasteiger partial charge in [-0.3, -0.25) is 9.69 Å². The van der Waals surface area contributed by atoms with E-state index in [1.165, 1.54) is 0 Å². The van der Waals surface area contributed by atoms with E-state index >= 15 is 0 Å². The lowest BCUT2D eigenvalue weighted by atomic mass is 10.2. The van der Waals surface area contributed by atoms with Crippen molar-refractivity contribution in [3.63, 3.8) is 0 Å². The zero-order valence-electron chi connectivity index (χ0n) is 10.4. The number of carbonyl (C=O) groups is 1. The van der Waals surface area contributed by atoms with E-state index < -0.39 is 0 Å². The Morgan fingerprint density at radius 3 is 2.79 bits per heavy atom. The third-order valence-corrected chi connectivity index (χ3v) is 4.60. The monoisotopic (exact) mass is 302 g/mol. The van der Waals surface area contributed by atoms with Crippen molar-refractivity contribution in [3.05, 3.63) is 9.47 Å². The normalized spacial score (nSPS) is 24.9. The average molecular weight is 303 g/mol. The molecular weight excluding hydrogens is 288 g/mol. The largest absolute Gasteiger partial charge is 0.379 e. The van der Waals surface area contributed by atoms with Crippen molar-refractivity contribution in [3.8, 4) is 0 Å². The van der Waals surface area contributed by atoms with E-state index in [0.29, 0.717) is 15.5 Å². The highest BCUT2D eigenvalue weighted by Gasteiger charge is 2.32. The van der Waals surface area contributed by atoms with Crippen molar-refractivity contribution in [1.29, 1.82) is 0 Å². The maximum Gasteiger partial charge on any atom is 0.284 e. The van der Waals surface area contributed by atoms with Gasteiger partial charge in [0, 0.05) is 32.2 Å². The van der Waals surface area contributed by atoms with Crippen LogP contribution in [0, 0.1) is 0 Å². The number of amides is 1. The maximum atomic E-state index is 12.2. The Balaban J connectivity index is 1.60. The molecule has 3 rings (SSSR count). The van der Waals surface area contributed by atoms with E-state index in [1.54, 1.807) is 0 Å². The third kappa shape index (κ3) is 2.89. The Hall–Kier alpha value is -0.760. The molecule has 3 heterocycles. The SMILES string of the molecule is O=C(c1nnc(Cl)s1)N1CCC(N2CCOCC2)C1. The first-order valence-corrected chi connectivity index (χ1v) is 7.53. The van der Waals surface area contributed by atoms with Gasteiger partial charge >= 0.3 is 0 Å². The molecule has 104 valence electrons. The molecule has 1 amide bonds. The molecule has 1 unspecified atom stereocenters. The summed E-state index contributed by atoms with van der Waals surface area (Å²) in [7, 11) is 0. The summed E-state index contributed by atoms with van der Waals surface area (Å²) >= 11 is 6.85. The highest BCUT2D eigenvalue weighted by Crippen LogP contribution is 2.21. The molecule has 2 aliphatic rings. The third-order valence-electron chi connectivity index (χ3n) is 3.60. The lowest BCUT2D eigenvalue weighted by Crippen LogP contribution is -2.45. The first kappa shape index (κ1) is 13.2. The summed E-state index contributed by atoms with van der Waals surface area (Å²) in [4.78, 5) is 16.5. The van der Waals surface area contributed by atoms with Gasteiger partial charge in [0.25, 0.3) is 5.91 Å². The van der Waals surface area contributed by atoms with Crippen molar-refractivity contribution in [2.75, 3.05) is 39.4 Å². The first-order chi connectivity index (χ1) is 9.24. The number of hydrogen-bond acceptors (Lipinski definition) is 6. The second-order valence-electron chi connectivity index (χ2n) is 4.70. The standard InChI is InChI=1S/C11H15ClN4O2S/c12-11-14-13-9(19-11)10(17)16-2-1-8(7-16)15-3-5-18-6-4-15/h8H,1-7H2. The summed E-state index contributed by atoms with van der Waals surface area (Å²) in [6, 6.07) is 0.441. The molecule has 6 nitrogen and oxygen atoms in total. The quantitative estimate of drug-likeness (QED) is 0.806. The van der Waals surface area contributed by atoms with Crippen LogP contribution in [-0.2, 0) is 4.74 Å². The van der Waals surface area contributed by atoms with Crippen LogP contribution in [0.4, 0.5) is 0 Å². The van der Waals surface area contributed by atoms with Crippen LogP contribution in [0.15, 0.2) is 0 Å². The average Bonchev–Trinajstić information content (AvgIpc) is 3.08. The minimum atomic E-state index is -0.0554. The summed E-state index contributed by atoms with van der Waals surface area (Å²) in [6.07, 6.45) is 1.01. The molecule has 1 aromatic rings. The maximum absolute atomic E-state index is 12.2. The Kier molecular flexibility index (Phi) is 3.97. The first-order valence-electron chi connectivity index (χ1n) is 6.34. The zero-order valence-corrected chi connectivity index (χ0v) is 12.0. The van der Waals surface area contributed by atoms with Crippen LogP contribution in [0.1, 0.15) is 16.2 Å². The van der Waals surface area contributed by atoms with Crippen LogP contribution >= 0.6 is 22.9 Å². The van der Waals surface area contributed by atoms with Gasteiger partial charge in [-0.2, -0.15) is 0 Å². The fourth-order valence-corrected chi connectivity index (χ4v) is 3.39. The lowest BCUT2D eigenvalue weighted by molar-refractivity contribution is 0.0185. The Morgan fingerprint density at radius 2 is 2.11 bits per heavy atom. The predicted octanol–water partition coefficient (Wildman–Crippen LogP) is 0.738. The molecule has 19 heavy (non-hydrogen) atoms. The summed E-state index contributed by atoms with van der Waals surface area (Å²) in [5, 5.41) is 7.87. The van der Waals surface area contributed by atoms with Crippen LogP contribution in [0.5, 0.6) is 0 Å². The Labute approximate surface area is 120 Å². The fourth-order valence-electron chi connectivity index (χ4n) is 2.59. The highest BCUT2D eigenvalue weighted by molar-refractivity contribution is 7.17. The summed E-state index contributed by atoms with van der Waals surface area (Å²) in [5.41, 5.74) is 0. The summed E-state index contributed by atoms with van der Waals surface area (Å²) in [5.74, 6) is -0.0554. The van der Waals surface area contributed by atoms with E-state index in [-0.39, 0.29) is 5.91 Å². The molecule has 0 radical (unpaired) electrons. The van der Waals surface area contributed by atoms with Crippen LogP contribution in [0.25, 0.3) is 0 Å². The van der Waals surface area contributed by atoms with Gasteiger partial charge in [-0.15, -0.1) is 10.2 Å². The van der Waals surface area contributed by atoms with Crippen molar-refractivity contribution in [2.45, 2.75) is 12.5 Å². The minimum absolute atomic E-state index is 0.0554. The second-order valence-corrected chi connectivity index (χ2v) is 6.26. The van der Waals surface area contributed by atoms with Gasteiger partial charge in [0.05, 0.1) is 13.2 Å². The summed E-state index contributed by atoms with van der Waals surface area (Å²) < 4.78 is 5.66. The van der Waals surface area contributed by atoms with Gasteiger partial charge in [0.1, 0.15) is 0 Å². The predicted molar refractivity (Wildman–Crippen MR) is 71.6 cm³/mol. The number of rotatable bonds is 2. The molecule has 0 aliphatic carbocycles. The van der Waals surface area contributed by atoms with Gasteiger partial charge in [0.15, 0.2) is 0 Å². The van der Waals surface area contributed by atoms with Crippen LogP contribution in [0.2, 0.25) is 4.47 Å². The molecule has 1 aromatic heterocycles. The van der Waals surface area contributed by atoms with Crippen molar-refractivity contribution in [1.82, 2.24) is 20.0 Å². The molecule has 1 atom stereocenters. The lowest BCUT2D eigenvalue weighted by Gasteiger charge is -2.31. The van der Waals surface area contributed by atoms with Crippen LogP contribution in [0.3, 0.4) is 0 Å². The van der Waals surface area contributed by atoms with Crippen LogP contribution < -0.4 is 0 Å². The van der Waals surface area contributed by atoms with E-state index in [4.69, 9.17) is 16.3 Å². The molecular formula is C11H15ClN4O2S. The fraction of sp³-hybridized carbons (Fsp3) is 0.727. The number of hydrogen-bond donors (Lipinski definition) is 0. The molecule has 0 N–H and O–H groups in total. The van der Waals surface area contributed by atoms with E-state index in [9.17, 15) is 4.79 Å². The van der Waals surface area contributed by atoms with E-state index in [0.717, 1.165) is 57.2 Å². The van der Waals surface area contributed by atoms with E-state index in [1.807, 2.05) is 4.90 Å². The number of morpholine rings is 1. The number of carbonyl (C=O) groups excluding carboxylic acids is 1. The molecule has 0 aromatic carbocycles. The number of halogens is 1. The smallest absolute Gasteiger partial charge is 0.284 e. The summed E-state index contributed by atoms with van der Waals surface area (Å²) in [6.45, 7) is 5.02. The van der Waals surface area contributed by atoms with Crippen molar-refractivity contribution < 1.29 is 9.53 Å². The van der Waals surface area contributed by atoms with Crippen molar-refractivity contribution >= 4 is 28.8 Å². The number of ether oxygens (including phenoxy) is 1. The molecule has 2 aliphatic heterocycles. The van der Waals surface area contributed by atoms with Gasteiger partial charge < -0.3 is 9.64 Å². The molecule has 8 heteroatoms. The molecule has 0 spiro atoms. The number of likely N-dealkylation sites (tertiary alicyclic amines) is 1. The Bertz CT molecular complexity index is 463. The molecule has 2 fully saturated rings. The minimum Gasteiger partial charge on any atom is -0.379 e. The zero-order chi connectivity index (χ0) is 13.2. The topological polar surface area (TPSA) is 58.6 Å². The number of aromatic nitrogens is 2. The van der Waals surface area contributed by atoms with Gasteiger partial charge in [-0.25, -0.2) is 0 Å². The second kappa shape index (κ2) is 5.70. The highest BCUT2D eigenvalue weighted by atomic mass is 35.5. The van der Waals surface area contributed by atoms with Crippen LogP contribution in [-0.4, -0.2) is 71.3 Å².